The molecular weight excluding hydrogens is 262 g/mol. The van der Waals surface area contributed by atoms with Crippen molar-refractivity contribution < 1.29 is 32.3 Å². The van der Waals surface area contributed by atoms with Crippen molar-refractivity contribution in [2.24, 2.45) is 5.92 Å². The Kier molecular flexibility index (Phi) is 12.0. The summed E-state index contributed by atoms with van der Waals surface area (Å²) in [5.41, 5.74) is 0. The van der Waals surface area contributed by atoms with Crippen LogP contribution >= 0.6 is 0 Å². The minimum atomic E-state index is -0.912. The molecule has 0 spiro atoms. The van der Waals surface area contributed by atoms with Crippen LogP contribution in [0.15, 0.2) is 0 Å². The molecule has 0 heterocycles. The largest absolute Gasteiger partial charge is 0.465 e. The van der Waals surface area contributed by atoms with Crippen LogP contribution in [0.5, 0.6) is 0 Å². The van der Waals surface area contributed by atoms with E-state index < -0.39 is 6.09 Å². The number of hydrogen-bond donors (Lipinski definition) is 2. The van der Waals surface area contributed by atoms with E-state index in [-0.39, 0.29) is 22.4 Å². The molecule has 0 aliphatic rings. The van der Waals surface area contributed by atoms with E-state index in [2.05, 4.69) is 19.2 Å². The van der Waals surface area contributed by atoms with E-state index in [1.54, 1.807) is 0 Å². The summed E-state index contributed by atoms with van der Waals surface area (Å²) in [4.78, 5) is 10.2. The molecule has 0 aromatic rings. The third kappa shape index (κ3) is 9.93. The summed E-state index contributed by atoms with van der Waals surface area (Å²) in [5.74, 6) is 0.515. The number of hydrogen-bond acceptors (Lipinski definition) is 1. The van der Waals surface area contributed by atoms with E-state index in [0.29, 0.717) is 12.5 Å². The van der Waals surface area contributed by atoms with Gasteiger partial charge in [-0.15, -0.1) is 0 Å². The van der Waals surface area contributed by atoms with Crippen LogP contribution in [0.1, 0.15) is 39.5 Å². The molecule has 2 N–H and O–H groups in total. The molecule has 4 heteroatoms. The Bertz CT molecular complexity index is 131. The van der Waals surface area contributed by atoms with Gasteiger partial charge in [-0.1, -0.05) is 33.1 Å². The average molecular weight is 281 g/mol. The molecule has 1 amide bonds. The molecule has 0 aliphatic carbocycles. The van der Waals surface area contributed by atoms with E-state index in [1.807, 2.05) is 0 Å². The van der Waals surface area contributed by atoms with Gasteiger partial charge in [0.1, 0.15) is 0 Å². The second-order valence-electron chi connectivity index (χ2n) is 3.10. The summed E-state index contributed by atoms with van der Waals surface area (Å²) in [6.07, 6.45) is 3.65. The van der Waals surface area contributed by atoms with Gasteiger partial charge in [0.2, 0.25) is 0 Å². The third-order valence-corrected chi connectivity index (χ3v) is 2.09. The number of amides is 1. The quantitative estimate of drug-likeness (QED) is 0.735. The number of rotatable bonds is 6. The van der Waals surface area contributed by atoms with Gasteiger partial charge in [0.25, 0.3) is 0 Å². The second kappa shape index (κ2) is 10.1. The van der Waals surface area contributed by atoms with Crippen LogP contribution in [0.25, 0.3) is 0 Å². The first-order valence-electron chi connectivity index (χ1n) is 4.67. The summed E-state index contributed by atoms with van der Waals surface area (Å²) in [7, 11) is 0. The molecule has 0 saturated heterocycles. The van der Waals surface area contributed by atoms with Crippen molar-refractivity contribution in [3.8, 4) is 0 Å². The van der Waals surface area contributed by atoms with Crippen molar-refractivity contribution in [3.63, 3.8) is 0 Å². The normalized spacial score (nSPS) is 11.5. The second-order valence-corrected chi connectivity index (χ2v) is 3.10. The molecule has 0 rings (SSSR count). The smallest absolute Gasteiger partial charge is 0.404 e. The van der Waals surface area contributed by atoms with E-state index in [4.69, 9.17) is 5.11 Å². The molecular formula is C9H19AgNO2. The monoisotopic (exact) mass is 280 g/mol. The molecule has 83 valence electrons. The van der Waals surface area contributed by atoms with Gasteiger partial charge in [-0.05, 0) is 12.3 Å². The van der Waals surface area contributed by atoms with Crippen molar-refractivity contribution in [3.05, 3.63) is 0 Å². The van der Waals surface area contributed by atoms with Crippen molar-refractivity contribution in [1.29, 1.82) is 0 Å². The molecule has 1 atom stereocenters. The van der Waals surface area contributed by atoms with Crippen LogP contribution in [0, 0.1) is 5.92 Å². The van der Waals surface area contributed by atoms with Gasteiger partial charge >= 0.3 is 6.09 Å². The molecule has 0 bridgehead atoms. The predicted molar refractivity (Wildman–Crippen MR) is 49.3 cm³/mol. The van der Waals surface area contributed by atoms with Crippen LogP contribution in [0.4, 0.5) is 4.79 Å². The first-order chi connectivity index (χ1) is 5.70. The number of carboxylic acid groups (broad SMARTS) is 1. The van der Waals surface area contributed by atoms with Crippen LogP contribution in [-0.4, -0.2) is 17.7 Å². The predicted octanol–water partition coefficient (Wildman–Crippen LogP) is 2.47. The van der Waals surface area contributed by atoms with Crippen LogP contribution in [0.2, 0.25) is 0 Å². The Morgan fingerprint density at radius 2 is 2.08 bits per heavy atom. The maximum absolute atomic E-state index is 10.2. The molecule has 0 saturated carbocycles. The maximum Gasteiger partial charge on any atom is 0.404 e. The first-order valence-corrected chi connectivity index (χ1v) is 4.67. The van der Waals surface area contributed by atoms with Gasteiger partial charge in [-0.3, -0.25) is 0 Å². The molecule has 1 unspecified atom stereocenters. The summed E-state index contributed by atoms with van der Waals surface area (Å²) in [6, 6.07) is 0. The maximum atomic E-state index is 10.2. The SMILES string of the molecule is CCCCC(CC)CNC(=O)O.[Ag]. The molecule has 0 aliphatic heterocycles. The van der Waals surface area contributed by atoms with E-state index >= 15 is 0 Å². The fourth-order valence-electron chi connectivity index (χ4n) is 1.17. The average Bonchev–Trinajstić information content (AvgIpc) is 2.05. The van der Waals surface area contributed by atoms with Crippen LogP contribution in [0.3, 0.4) is 0 Å². The fraction of sp³-hybridized carbons (Fsp3) is 0.889. The van der Waals surface area contributed by atoms with E-state index in [0.717, 1.165) is 12.8 Å². The zero-order chi connectivity index (χ0) is 9.40. The molecule has 0 aromatic heterocycles. The minimum Gasteiger partial charge on any atom is -0.465 e. The summed E-state index contributed by atoms with van der Waals surface area (Å²) in [5, 5.41) is 10.8. The van der Waals surface area contributed by atoms with Crippen LogP contribution < -0.4 is 5.32 Å². The van der Waals surface area contributed by atoms with Gasteiger partial charge in [0, 0.05) is 28.9 Å². The van der Waals surface area contributed by atoms with Gasteiger partial charge in [-0.2, -0.15) is 0 Å². The third-order valence-electron chi connectivity index (χ3n) is 2.09. The number of nitrogens with one attached hydrogen (secondary N) is 1. The van der Waals surface area contributed by atoms with Gasteiger partial charge in [0.15, 0.2) is 0 Å². The van der Waals surface area contributed by atoms with Crippen molar-refractivity contribution in [2.45, 2.75) is 39.5 Å². The Morgan fingerprint density at radius 3 is 2.46 bits per heavy atom. The Hall–Kier alpha value is 0.0103. The van der Waals surface area contributed by atoms with Crippen molar-refractivity contribution >= 4 is 6.09 Å². The minimum absolute atomic E-state index is 0. The summed E-state index contributed by atoms with van der Waals surface area (Å²) < 4.78 is 0. The summed E-state index contributed by atoms with van der Waals surface area (Å²) >= 11 is 0. The van der Waals surface area contributed by atoms with E-state index in [1.165, 1.54) is 12.8 Å². The number of unbranched alkanes of at least 4 members (excludes halogenated alkanes) is 1. The number of carbonyl (C=O) groups is 1. The van der Waals surface area contributed by atoms with Gasteiger partial charge in [0.05, 0.1) is 0 Å². The molecule has 1 radical (unpaired) electrons. The summed E-state index contributed by atoms with van der Waals surface area (Å²) in [6.45, 7) is 4.85. The van der Waals surface area contributed by atoms with E-state index in [9.17, 15) is 4.79 Å². The first kappa shape index (κ1) is 15.5. The Labute approximate surface area is 95.8 Å². The molecule has 3 nitrogen and oxygen atoms in total. The molecule has 13 heavy (non-hydrogen) atoms. The zero-order valence-corrected chi connectivity index (χ0v) is 9.75. The Morgan fingerprint density at radius 1 is 1.46 bits per heavy atom. The zero-order valence-electron chi connectivity index (χ0n) is 8.27. The van der Waals surface area contributed by atoms with Crippen molar-refractivity contribution in [1.82, 2.24) is 5.32 Å². The van der Waals surface area contributed by atoms with Crippen molar-refractivity contribution in [2.75, 3.05) is 6.54 Å². The van der Waals surface area contributed by atoms with Crippen LogP contribution in [-0.2, 0) is 22.4 Å². The Balaban J connectivity index is 0. The van der Waals surface area contributed by atoms with Gasteiger partial charge in [-0.25, -0.2) is 4.79 Å². The molecule has 0 fully saturated rings. The standard InChI is InChI=1S/C9H19NO2.Ag/c1-3-5-6-8(4-2)7-10-9(11)12;/h8,10H,3-7H2,1-2H3,(H,11,12);. The molecule has 0 aromatic carbocycles. The fourth-order valence-corrected chi connectivity index (χ4v) is 1.17. The topological polar surface area (TPSA) is 49.3 Å². The van der Waals surface area contributed by atoms with Gasteiger partial charge < -0.3 is 10.4 Å².